The van der Waals surface area contributed by atoms with E-state index in [9.17, 15) is 0 Å². The molecule has 0 aliphatic heterocycles. The Labute approximate surface area is 129 Å². The minimum Gasteiger partial charge on any atom is -0.497 e. The average Bonchev–Trinajstić information content (AvgIpc) is 2.76. The molecule has 102 valence electrons. The lowest BCUT2D eigenvalue weighted by Gasteiger charge is -2.06. The van der Waals surface area contributed by atoms with Crippen LogP contribution in [-0.4, -0.2) is 21.6 Å². The van der Waals surface area contributed by atoms with Crippen LogP contribution in [0.2, 0.25) is 5.15 Å². The van der Waals surface area contributed by atoms with E-state index in [-0.39, 0.29) is 0 Å². The lowest BCUT2D eigenvalue weighted by molar-refractivity contribution is 0.414. The summed E-state index contributed by atoms with van der Waals surface area (Å²) in [6.45, 7) is 0.696. The highest BCUT2D eigenvalue weighted by Gasteiger charge is 2.10. The van der Waals surface area contributed by atoms with E-state index in [4.69, 9.17) is 16.3 Å². The maximum absolute atomic E-state index is 5.92. The standard InChI is InChI=1S/C14H11BrClN3O/c1-20-10-4-2-9(3-5-10)7-19-8-11(15)13-14(19)18-12(16)6-17-13/h2-6,8H,7H2,1H3. The van der Waals surface area contributed by atoms with Crippen molar-refractivity contribution >= 4 is 38.7 Å². The summed E-state index contributed by atoms with van der Waals surface area (Å²) in [5, 5.41) is 0.388. The fourth-order valence-electron chi connectivity index (χ4n) is 2.03. The molecule has 0 saturated carbocycles. The van der Waals surface area contributed by atoms with E-state index in [1.54, 1.807) is 13.3 Å². The normalized spacial score (nSPS) is 10.9. The van der Waals surface area contributed by atoms with Crippen LogP contribution in [0.5, 0.6) is 5.75 Å². The Balaban J connectivity index is 1.99. The zero-order valence-electron chi connectivity index (χ0n) is 10.7. The number of hydrogen-bond acceptors (Lipinski definition) is 3. The van der Waals surface area contributed by atoms with E-state index in [2.05, 4.69) is 25.9 Å². The van der Waals surface area contributed by atoms with Crippen molar-refractivity contribution in [2.24, 2.45) is 0 Å². The zero-order valence-corrected chi connectivity index (χ0v) is 13.0. The molecule has 0 atom stereocenters. The van der Waals surface area contributed by atoms with Crippen LogP contribution >= 0.6 is 27.5 Å². The van der Waals surface area contributed by atoms with E-state index in [1.807, 2.05) is 35.0 Å². The van der Waals surface area contributed by atoms with Crippen molar-refractivity contribution < 1.29 is 4.74 Å². The molecule has 0 radical (unpaired) electrons. The summed E-state index contributed by atoms with van der Waals surface area (Å²) in [6.07, 6.45) is 3.51. The van der Waals surface area contributed by atoms with Gasteiger partial charge in [-0.3, -0.25) is 0 Å². The number of fused-ring (bicyclic) bond motifs is 1. The highest BCUT2D eigenvalue weighted by Crippen LogP contribution is 2.25. The molecule has 3 rings (SSSR count). The minimum absolute atomic E-state index is 0.388. The van der Waals surface area contributed by atoms with Gasteiger partial charge in [0.15, 0.2) is 5.65 Å². The molecule has 0 aliphatic rings. The average molecular weight is 353 g/mol. The van der Waals surface area contributed by atoms with Gasteiger partial charge in [-0.2, -0.15) is 0 Å². The molecule has 2 aromatic heterocycles. The Kier molecular flexibility index (Phi) is 3.63. The molecular formula is C14H11BrClN3O. The Bertz CT molecular complexity index is 755. The predicted molar refractivity (Wildman–Crippen MR) is 82.3 cm³/mol. The fourth-order valence-corrected chi connectivity index (χ4v) is 2.69. The van der Waals surface area contributed by atoms with Gasteiger partial charge in [0.25, 0.3) is 0 Å². The molecule has 0 unspecified atom stereocenters. The van der Waals surface area contributed by atoms with Gasteiger partial charge in [0.05, 0.1) is 17.8 Å². The van der Waals surface area contributed by atoms with Crippen LogP contribution in [0.1, 0.15) is 5.56 Å². The van der Waals surface area contributed by atoms with Crippen LogP contribution < -0.4 is 4.74 Å². The Hall–Kier alpha value is -1.59. The van der Waals surface area contributed by atoms with Crippen LogP contribution in [0.4, 0.5) is 0 Å². The first kappa shape index (κ1) is 13.4. The quantitative estimate of drug-likeness (QED) is 0.717. The molecule has 0 saturated heterocycles. The first-order valence-corrected chi connectivity index (χ1v) is 7.14. The number of benzene rings is 1. The second kappa shape index (κ2) is 5.42. The summed E-state index contributed by atoms with van der Waals surface area (Å²) in [4.78, 5) is 8.63. The summed E-state index contributed by atoms with van der Waals surface area (Å²) >= 11 is 9.42. The molecule has 1 aromatic carbocycles. The van der Waals surface area contributed by atoms with Gasteiger partial charge in [-0.25, -0.2) is 9.97 Å². The molecule has 0 amide bonds. The van der Waals surface area contributed by atoms with Crippen molar-refractivity contribution in [2.75, 3.05) is 7.11 Å². The third-order valence-corrected chi connectivity index (χ3v) is 3.77. The summed E-state index contributed by atoms with van der Waals surface area (Å²) in [6, 6.07) is 7.93. The van der Waals surface area contributed by atoms with Crippen LogP contribution in [0, 0.1) is 0 Å². The molecule has 20 heavy (non-hydrogen) atoms. The molecule has 4 nitrogen and oxygen atoms in total. The van der Waals surface area contributed by atoms with Crippen LogP contribution in [0.15, 0.2) is 41.1 Å². The van der Waals surface area contributed by atoms with Gasteiger partial charge in [0, 0.05) is 12.7 Å². The summed E-state index contributed by atoms with van der Waals surface area (Å²) in [7, 11) is 1.66. The number of rotatable bonds is 3. The second-order valence-electron chi connectivity index (χ2n) is 4.32. The number of aromatic nitrogens is 3. The summed E-state index contributed by atoms with van der Waals surface area (Å²) < 4.78 is 8.08. The number of methoxy groups -OCH3 is 1. The number of halogens is 2. The molecule has 3 aromatic rings. The Morgan fingerprint density at radius 1 is 1.30 bits per heavy atom. The highest BCUT2D eigenvalue weighted by atomic mass is 79.9. The van der Waals surface area contributed by atoms with E-state index in [1.165, 1.54) is 0 Å². The van der Waals surface area contributed by atoms with E-state index in [0.29, 0.717) is 11.7 Å². The summed E-state index contributed by atoms with van der Waals surface area (Å²) in [5.41, 5.74) is 2.72. The fraction of sp³-hybridized carbons (Fsp3) is 0.143. The zero-order chi connectivity index (χ0) is 14.1. The largest absolute Gasteiger partial charge is 0.497 e. The minimum atomic E-state index is 0.388. The van der Waals surface area contributed by atoms with Gasteiger partial charge in [-0.15, -0.1) is 0 Å². The monoisotopic (exact) mass is 351 g/mol. The molecular weight excluding hydrogens is 342 g/mol. The van der Waals surface area contributed by atoms with Gasteiger partial charge in [-0.05, 0) is 33.6 Å². The van der Waals surface area contributed by atoms with Crippen molar-refractivity contribution in [3.05, 3.63) is 51.8 Å². The van der Waals surface area contributed by atoms with Gasteiger partial charge in [-0.1, -0.05) is 23.7 Å². The molecule has 0 fully saturated rings. The van der Waals surface area contributed by atoms with Crippen molar-refractivity contribution in [1.82, 2.24) is 14.5 Å². The number of nitrogens with zero attached hydrogens (tertiary/aromatic N) is 3. The van der Waals surface area contributed by atoms with E-state index >= 15 is 0 Å². The smallest absolute Gasteiger partial charge is 0.161 e. The van der Waals surface area contributed by atoms with Gasteiger partial charge < -0.3 is 9.30 Å². The third kappa shape index (κ3) is 2.51. The molecule has 0 spiro atoms. The maximum atomic E-state index is 5.92. The summed E-state index contributed by atoms with van der Waals surface area (Å²) in [5.74, 6) is 0.843. The van der Waals surface area contributed by atoms with Crippen molar-refractivity contribution in [3.8, 4) is 5.75 Å². The maximum Gasteiger partial charge on any atom is 0.161 e. The van der Waals surface area contributed by atoms with Crippen molar-refractivity contribution in [3.63, 3.8) is 0 Å². The topological polar surface area (TPSA) is 39.9 Å². The van der Waals surface area contributed by atoms with E-state index < -0.39 is 0 Å². The Morgan fingerprint density at radius 2 is 2.05 bits per heavy atom. The predicted octanol–water partition coefficient (Wildman–Crippen LogP) is 3.90. The van der Waals surface area contributed by atoms with Crippen LogP contribution in [0.25, 0.3) is 11.2 Å². The molecule has 2 heterocycles. The van der Waals surface area contributed by atoms with Crippen molar-refractivity contribution in [2.45, 2.75) is 6.54 Å². The number of ether oxygens (including phenoxy) is 1. The molecule has 0 aliphatic carbocycles. The second-order valence-corrected chi connectivity index (χ2v) is 5.56. The Morgan fingerprint density at radius 3 is 2.75 bits per heavy atom. The number of hydrogen-bond donors (Lipinski definition) is 0. The third-order valence-electron chi connectivity index (χ3n) is 3.00. The van der Waals surface area contributed by atoms with Crippen LogP contribution in [0.3, 0.4) is 0 Å². The van der Waals surface area contributed by atoms with Crippen LogP contribution in [-0.2, 0) is 6.54 Å². The first-order chi connectivity index (χ1) is 9.67. The van der Waals surface area contributed by atoms with Gasteiger partial charge in [0.1, 0.15) is 16.4 Å². The lowest BCUT2D eigenvalue weighted by atomic mass is 10.2. The molecule has 6 heteroatoms. The molecule has 0 bridgehead atoms. The van der Waals surface area contributed by atoms with E-state index in [0.717, 1.165) is 26.9 Å². The van der Waals surface area contributed by atoms with Gasteiger partial charge in [0.2, 0.25) is 0 Å². The highest BCUT2D eigenvalue weighted by molar-refractivity contribution is 9.10. The van der Waals surface area contributed by atoms with Crippen molar-refractivity contribution in [1.29, 1.82) is 0 Å². The SMILES string of the molecule is COc1ccc(Cn2cc(Br)c3ncc(Cl)nc32)cc1. The first-order valence-electron chi connectivity index (χ1n) is 5.97. The lowest BCUT2D eigenvalue weighted by Crippen LogP contribution is -1.99. The van der Waals surface area contributed by atoms with Gasteiger partial charge >= 0.3 is 0 Å². The molecule has 0 N–H and O–H groups in total.